The number of nitrogens with one attached hydrogen (secondary N) is 1. The summed E-state index contributed by atoms with van der Waals surface area (Å²) in [4.78, 5) is 37.1. The minimum atomic E-state index is -0.604. The van der Waals surface area contributed by atoms with Crippen LogP contribution in [-0.2, 0) is 9.59 Å². The Balaban J connectivity index is 1.48. The molecule has 2 heterocycles. The number of hydrogen-bond donors (Lipinski definition) is 1. The topological polar surface area (TPSA) is 74.1 Å². The summed E-state index contributed by atoms with van der Waals surface area (Å²) in [6.07, 6.45) is 0. The highest BCUT2D eigenvalue weighted by atomic mass is 32.2. The average Bonchev–Trinajstić information content (AvgIpc) is 3.18. The van der Waals surface area contributed by atoms with Crippen molar-refractivity contribution in [1.29, 1.82) is 0 Å². The van der Waals surface area contributed by atoms with E-state index in [0.29, 0.717) is 11.0 Å². The van der Waals surface area contributed by atoms with E-state index in [9.17, 15) is 9.59 Å². The molecule has 0 saturated heterocycles. The van der Waals surface area contributed by atoms with Crippen LogP contribution in [0.3, 0.4) is 0 Å². The quantitative estimate of drug-likeness (QED) is 0.596. The third-order valence-electron chi connectivity index (χ3n) is 5.67. The number of hydrogen-bond acceptors (Lipinski definition) is 5. The summed E-state index contributed by atoms with van der Waals surface area (Å²) in [6.45, 7) is 3.80. The summed E-state index contributed by atoms with van der Waals surface area (Å²) in [5.41, 5.74) is 4.17. The van der Waals surface area contributed by atoms with E-state index in [1.807, 2.05) is 97.6 Å². The predicted octanol–water partition coefficient (Wildman–Crippen LogP) is 5.09. The molecule has 0 bridgehead atoms. The van der Waals surface area contributed by atoms with Crippen LogP contribution in [0.1, 0.15) is 29.7 Å². The maximum atomic E-state index is 13.0. The first-order valence-electron chi connectivity index (χ1n) is 10.7. The zero-order chi connectivity index (χ0) is 22.9. The number of aliphatic imine (C=N–C) groups is 2. The molecule has 2 aliphatic heterocycles. The number of nitrogens with zero attached hydrogens (tertiary/aromatic N) is 3. The van der Waals surface area contributed by atoms with Crippen LogP contribution in [0.15, 0.2) is 88.8 Å². The van der Waals surface area contributed by atoms with Gasteiger partial charge in [0.05, 0.1) is 10.9 Å². The molecule has 5 rings (SSSR count). The SMILES string of the molecule is Cc1ccccc1NC(=O)C(C)SC1=Nc2ccccc2C2=NC(=O)C(c3ccccc3)N12. The standard InChI is InChI=1S/C26H22N4O2S/c1-16-10-6-8-14-20(16)27-24(31)17(2)33-26-28-21-15-9-7-13-19(21)23-29-25(32)22(30(23)26)18-11-4-3-5-12-18/h3-15,17,22H,1-2H3,(H,27,31). The third-order valence-corrected chi connectivity index (χ3v) is 6.74. The number of amidine groups is 2. The van der Waals surface area contributed by atoms with Gasteiger partial charge in [0.1, 0.15) is 11.9 Å². The molecule has 2 unspecified atom stereocenters. The smallest absolute Gasteiger partial charge is 0.275 e. The number of rotatable bonds is 4. The number of carbonyl (C=O) groups excluding carboxylic acids is 2. The van der Waals surface area contributed by atoms with Crippen molar-refractivity contribution in [3.05, 3.63) is 95.6 Å². The second kappa shape index (κ2) is 8.67. The predicted molar refractivity (Wildman–Crippen MR) is 133 cm³/mol. The lowest BCUT2D eigenvalue weighted by Crippen LogP contribution is -2.40. The average molecular weight is 455 g/mol. The molecule has 33 heavy (non-hydrogen) atoms. The lowest BCUT2D eigenvalue weighted by Gasteiger charge is -2.32. The van der Waals surface area contributed by atoms with E-state index in [-0.39, 0.29) is 11.8 Å². The van der Waals surface area contributed by atoms with Crippen molar-refractivity contribution in [3.8, 4) is 0 Å². The summed E-state index contributed by atoms with van der Waals surface area (Å²) in [5, 5.41) is 3.14. The number of anilines is 1. The summed E-state index contributed by atoms with van der Waals surface area (Å²) in [5.74, 6) is 0.211. The van der Waals surface area contributed by atoms with Crippen molar-refractivity contribution >= 4 is 46.0 Å². The zero-order valence-corrected chi connectivity index (χ0v) is 19.0. The lowest BCUT2D eigenvalue weighted by atomic mass is 10.0. The van der Waals surface area contributed by atoms with Crippen LogP contribution in [0.2, 0.25) is 0 Å². The van der Waals surface area contributed by atoms with Crippen molar-refractivity contribution in [1.82, 2.24) is 4.90 Å². The van der Waals surface area contributed by atoms with Crippen molar-refractivity contribution in [2.75, 3.05) is 5.32 Å². The van der Waals surface area contributed by atoms with Gasteiger partial charge >= 0.3 is 0 Å². The first-order chi connectivity index (χ1) is 16.0. The Morgan fingerprint density at radius 3 is 2.45 bits per heavy atom. The van der Waals surface area contributed by atoms with E-state index in [1.54, 1.807) is 0 Å². The molecule has 2 amide bonds. The number of thioether (sulfide) groups is 1. The van der Waals surface area contributed by atoms with Gasteiger partial charge in [0, 0.05) is 11.3 Å². The largest absolute Gasteiger partial charge is 0.325 e. The second-order valence-corrected chi connectivity index (χ2v) is 9.24. The first-order valence-corrected chi connectivity index (χ1v) is 11.6. The summed E-state index contributed by atoms with van der Waals surface area (Å²) in [6, 6.07) is 24.2. The van der Waals surface area contributed by atoms with Crippen molar-refractivity contribution < 1.29 is 9.59 Å². The number of aryl methyl sites for hydroxylation is 1. The Morgan fingerprint density at radius 2 is 1.67 bits per heavy atom. The van der Waals surface area contributed by atoms with Gasteiger partial charge in [-0.25, -0.2) is 4.99 Å². The maximum absolute atomic E-state index is 13.0. The van der Waals surface area contributed by atoms with Crippen molar-refractivity contribution in [2.24, 2.45) is 9.98 Å². The van der Waals surface area contributed by atoms with E-state index in [4.69, 9.17) is 4.99 Å². The molecule has 7 heteroatoms. The number of carbonyl (C=O) groups is 2. The van der Waals surface area contributed by atoms with Gasteiger partial charge in [-0.3, -0.25) is 14.5 Å². The van der Waals surface area contributed by atoms with Crippen molar-refractivity contribution in [2.45, 2.75) is 25.1 Å². The molecular formula is C26H22N4O2S. The van der Waals surface area contributed by atoms with E-state index >= 15 is 0 Å². The van der Waals surface area contributed by atoms with E-state index in [0.717, 1.165) is 28.1 Å². The fourth-order valence-corrected chi connectivity index (χ4v) is 4.87. The maximum Gasteiger partial charge on any atom is 0.275 e. The molecular weight excluding hydrogens is 432 g/mol. The number of fused-ring (bicyclic) bond motifs is 3. The van der Waals surface area contributed by atoms with Crippen LogP contribution >= 0.6 is 11.8 Å². The van der Waals surface area contributed by atoms with Gasteiger partial charge in [-0.1, -0.05) is 72.4 Å². The minimum Gasteiger partial charge on any atom is -0.325 e. The molecule has 0 spiro atoms. The normalized spacial score (nSPS) is 17.6. The molecule has 3 aromatic carbocycles. The second-order valence-electron chi connectivity index (χ2n) is 7.93. The van der Waals surface area contributed by atoms with Gasteiger partial charge in [-0.2, -0.15) is 4.99 Å². The van der Waals surface area contributed by atoms with E-state index < -0.39 is 11.3 Å². The molecule has 3 aromatic rings. The molecule has 0 saturated carbocycles. The molecule has 0 fully saturated rings. The molecule has 2 atom stereocenters. The number of benzene rings is 3. The zero-order valence-electron chi connectivity index (χ0n) is 18.2. The number of amides is 2. The molecule has 6 nitrogen and oxygen atoms in total. The molecule has 2 aliphatic rings. The highest BCUT2D eigenvalue weighted by Gasteiger charge is 2.43. The first kappa shape index (κ1) is 21.2. The Kier molecular flexibility index (Phi) is 5.56. The highest BCUT2D eigenvalue weighted by Crippen LogP contribution is 2.40. The van der Waals surface area contributed by atoms with Crippen LogP contribution in [-0.4, -0.2) is 33.0 Å². The molecule has 0 aliphatic carbocycles. The van der Waals surface area contributed by atoms with Gasteiger partial charge in [-0.05, 0) is 43.2 Å². The van der Waals surface area contributed by atoms with Gasteiger partial charge in [0.15, 0.2) is 5.17 Å². The summed E-state index contributed by atoms with van der Waals surface area (Å²) < 4.78 is 0. The lowest BCUT2D eigenvalue weighted by molar-refractivity contribution is -0.119. The van der Waals surface area contributed by atoms with Gasteiger partial charge < -0.3 is 5.32 Å². The van der Waals surface area contributed by atoms with Crippen LogP contribution in [0.4, 0.5) is 11.4 Å². The molecule has 0 radical (unpaired) electrons. The Hall–Kier alpha value is -3.71. The molecule has 164 valence electrons. The fraction of sp³-hybridized carbons (Fsp3) is 0.154. The summed E-state index contributed by atoms with van der Waals surface area (Å²) >= 11 is 1.33. The monoisotopic (exact) mass is 454 g/mol. The minimum absolute atomic E-state index is 0.129. The third kappa shape index (κ3) is 3.96. The Bertz CT molecular complexity index is 1300. The highest BCUT2D eigenvalue weighted by molar-refractivity contribution is 8.14. The van der Waals surface area contributed by atoms with Crippen LogP contribution in [0.25, 0.3) is 0 Å². The van der Waals surface area contributed by atoms with E-state index in [1.165, 1.54) is 11.8 Å². The summed E-state index contributed by atoms with van der Waals surface area (Å²) in [7, 11) is 0. The number of para-hydroxylation sites is 2. The van der Waals surface area contributed by atoms with Crippen molar-refractivity contribution in [3.63, 3.8) is 0 Å². The van der Waals surface area contributed by atoms with Gasteiger partial charge in [0.25, 0.3) is 5.91 Å². The molecule has 1 N–H and O–H groups in total. The Morgan fingerprint density at radius 1 is 0.970 bits per heavy atom. The van der Waals surface area contributed by atoms with Crippen LogP contribution in [0.5, 0.6) is 0 Å². The molecule has 0 aromatic heterocycles. The van der Waals surface area contributed by atoms with E-state index in [2.05, 4.69) is 10.3 Å². The van der Waals surface area contributed by atoms with Crippen LogP contribution in [0, 0.1) is 6.92 Å². The fourth-order valence-electron chi connectivity index (χ4n) is 3.93. The van der Waals surface area contributed by atoms with Gasteiger partial charge in [0.2, 0.25) is 5.91 Å². The van der Waals surface area contributed by atoms with Crippen LogP contribution < -0.4 is 5.32 Å². The van der Waals surface area contributed by atoms with Gasteiger partial charge in [-0.15, -0.1) is 0 Å². The Labute approximate surface area is 196 Å².